The van der Waals surface area contributed by atoms with Crippen molar-refractivity contribution < 1.29 is 14.7 Å². The van der Waals surface area contributed by atoms with Gasteiger partial charge in [0.25, 0.3) is 0 Å². The quantitative estimate of drug-likeness (QED) is 0.858. The zero-order chi connectivity index (χ0) is 15.0. The average molecular weight is 300 g/mol. The molecule has 0 aromatic carbocycles. The Morgan fingerprint density at radius 3 is 2.25 bits per heavy atom. The van der Waals surface area contributed by atoms with Gasteiger partial charge in [-0.1, -0.05) is 0 Å². The number of carbonyl (C=O) groups excluding carboxylic acids is 1. The van der Waals surface area contributed by atoms with Crippen LogP contribution in [0, 0.1) is 0 Å². The molecule has 2 saturated heterocycles. The Kier molecular flexibility index (Phi) is 4.64. The summed E-state index contributed by atoms with van der Waals surface area (Å²) in [6.45, 7) is 8.11. The SMILES string of the molecule is CC1SCC(C(=O)O)N1C(=O)C(C)N1C(C)CCC1C. The van der Waals surface area contributed by atoms with Crippen molar-refractivity contribution in [2.75, 3.05) is 5.75 Å². The van der Waals surface area contributed by atoms with E-state index in [-0.39, 0.29) is 17.3 Å². The zero-order valence-corrected chi connectivity index (χ0v) is 13.4. The molecule has 0 radical (unpaired) electrons. The van der Waals surface area contributed by atoms with E-state index in [2.05, 4.69) is 18.7 Å². The molecule has 5 unspecified atom stereocenters. The molecule has 2 aliphatic rings. The van der Waals surface area contributed by atoms with Gasteiger partial charge in [0.1, 0.15) is 6.04 Å². The number of hydrogen-bond acceptors (Lipinski definition) is 4. The molecule has 20 heavy (non-hydrogen) atoms. The number of aliphatic carboxylic acids is 1. The maximum atomic E-state index is 12.8. The highest BCUT2D eigenvalue weighted by Crippen LogP contribution is 2.32. The highest BCUT2D eigenvalue weighted by atomic mass is 32.2. The molecule has 2 heterocycles. The van der Waals surface area contributed by atoms with E-state index in [1.54, 1.807) is 4.90 Å². The van der Waals surface area contributed by atoms with Crippen molar-refractivity contribution in [1.29, 1.82) is 0 Å². The molecule has 2 fully saturated rings. The minimum Gasteiger partial charge on any atom is -0.480 e. The highest BCUT2D eigenvalue weighted by molar-refractivity contribution is 8.00. The molecule has 0 spiro atoms. The number of likely N-dealkylation sites (tertiary alicyclic amines) is 1. The molecular weight excluding hydrogens is 276 g/mol. The highest BCUT2D eigenvalue weighted by Gasteiger charge is 2.44. The van der Waals surface area contributed by atoms with Gasteiger partial charge in [0.05, 0.1) is 11.4 Å². The number of carbonyl (C=O) groups is 2. The number of carboxylic acids is 1. The van der Waals surface area contributed by atoms with E-state index in [0.717, 1.165) is 12.8 Å². The molecule has 5 nitrogen and oxygen atoms in total. The van der Waals surface area contributed by atoms with Gasteiger partial charge in [0.2, 0.25) is 5.91 Å². The van der Waals surface area contributed by atoms with E-state index in [9.17, 15) is 14.7 Å². The number of hydrogen-bond donors (Lipinski definition) is 1. The summed E-state index contributed by atoms with van der Waals surface area (Å²) in [6.07, 6.45) is 2.21. The van der Waals surface area contributed by atoms with E-state index in [4.69, 9.17) is 0 Å². The van der Waals surface area contributed by atoms with Gasteiger partial charge in [0.15, 0.2) is 0 Å². The van der Waals surface area contributed by atoms with Crippen LogP contribution in [-0.4, -0.2) is 62.1 Å². The molecule has 0 aromatic rings. The Labute approximate surface area is 124 Å². The summed E-state index contributed by atoms with van der Waals surface area (Å²) in [5, 5.41) is 9.22. The van der Waals surface area contributed by atoms with Crippen molar-refractivity contribution in [3.63, 3.8) is 0 Å². The van der Waals surface area contributed by atoms with Crippen LogP contribution in [0.3, 0.4) is 0 Å². The molecule has 2 rings (SSSR count). The molecule has 6 heteroatoms. The van der Waals surface area contributed by atoms with Crippen molar-refractivity contribution in [3.8, 4) is 0 Å². The minimum atomic E-state index is -0.898. The summed E-state index contributed by atoms with van der Waals surface area (Å²) in [5.41, 5.74) is 0. The fourth-order valence-corrected chi connectivity index (χ4v) is 4.66. The first-order valence-electron chi connectivity index (χ1n) is 7.28. The molecule has 0 bridgehead atoms. The molecule has 2 aliphatic heterocycles. The first-order valence-corrected chi connectivity index (χ1v) is 8.33. The summed E-state index contributed by atoms with van der Waals surface area (Å²) in [6, 6.07) is -0.153. The Morgan fingerprint density at radius 1 is 1.20 bits per heavy atom. The smallest absolute Gasteiger partial charge is 0.327 e. The lowest BCUT2D eigenvalue weighted by atomic mass is 10.1. The van der Waals surface area contributed by atoms with Gasteiger partial charge in [0, 0.05) is 17.8 Å². The standard InChI is InChI=1S/C14H24N2O3S/c1-8-5-6-9(2)15(8)10(3)13(17)16-11(4)20-7-12(16)14(18)19/h8-12H,5-7H2,1-4H3,(H,18,19). The topological polar surface area (TPSA) is 60.9 Å². The third kappa shape index (κ3) is 2.68. The number of nitrogens with zero attached hydrogens (tertiary/aromatic N) is 2. The molecule has 0 aromatic heterocycles. The van der Waals surface area contributed by atoms with Crippen molar-refractivity contribution >= 4 is 23.6 Å². The molecule has 5 atom stereocenters. The number of amides is 1. The van der Waals surface area contributed by atoms with E-state index in [1.807, 2.05) is 13.8 Å². The maximum absolute atomic E-state index is 12.8. The van der Waals surface area contributed by atoms with Crippen molar-refractivity contribution in [1.82, 2.24) is 9.80 Å². The summed E-state index contributed by atoms with van der Waals surface area (Å²) < 4.78 is 0. The normalized spacial score (nSPS) is 36.3. The van der Waals surface area contributed by atoms with Gasteiger partial charge >= 0.3 is 5.97 Å². The Balaban J connectivity index is 2.15. The first-order chi connectivity index (χ1) is 9.34. The first kappa shape index (κ1) is 15.6. The van der Waals surface area contributed by atoms with Crippen LogP contribution in [0.2, 0.25) is 0 Å². The largest absolute Gasteiger partial charge is 0.480 e. The van der Waals surface area contributed by atoms with Crippen LogP contribution in [0.5, 0.6) is 0 Å². The monoisotopic (exact) mass is 300 g/mol. The predicted molar refractivity (Wildman–Crippen MR) is 79.6 cm³/mol. The lowest BCUT2D eigenvalue weighted by Crippen LogP contribution is -2.54. The van der Waals surface area contributed by atoms with Gasteiger partial charge in [-0.15, -0.1) is 11.8 Å². The zero-order valence-electron chi connectivity index (χ0n) is 12.6. The maximum Gasteiger partial charge on any atom is 0.327 e. The molecule has 0 saturated carbocycles. The lowest BCUT2D eigenvalue weighted by Gasteiger charge is -2.36. The average Bonchev–Trinajstić information content (AvgIpc) is 2.91. The van der Waals surface area contributed by atoms with Gasteiger partial charge in [-0.25, -0.2) is 4.79 Å². The van der Waals surface area contributed by atoms with E-state index in [0.29, 0.717) is 17.8 Å². The summed E-state index contributed by atoms with van der Waals surface area (Å²) in [7, 11) is 0. The van der Waals surface area contributed by atoms with Crippen LogP contribution >= 0.6 is 11.8 Å². The second-order valence-corrected chi connectivity index (χ2v) is 7.28. The van der Waals surface area contributed by atoms with E-state index in [1.165, 1.54) is 11.8 Å². The van der Waals surface area contributed by atoms with Crippen LogP contribution in [-0.2, 0) is 9.59 Å². The van der Waals surface area contributed by atoms with Crippen molar-refractivity contribution in [2.45, 2.75) is 70.1 Å². The molecule has 114 valence electrons. The van der Waals surface area contributed by atoms with Gasteiger partial charge < -0.3 is 10.0 Å². The van der Waals surface area contributed by atoms with E-state index >= 15 is 0 Å². The fourth-order valence-electron chi connectivity index (χ4n) is 3.49. The Morgan fingerprint density at radius 2 is 1.75 bits per heavy atom. The lowest BCUT2D eigenvalue weighted by molar-refractivity contribution is -0.151. The van der Waals surface area contributed by atoms with Crippen LogP contribution in [0.15, 0.2) is 0 Å². The number of carboxylic acid groups (broad SMARTS) is 1. The Bertz CT molecular complexity index is 394. The summed E-state index contributed by atoms with van der Waals surface area (Å²) in [4.78, 5) is 27.9. The third-order valence-corrected chi connectivity index (χ3v) is 5.80. The van der Waals surface area contributed by atoms with Gasteiger partial charge in [-0.2, -0.15) is 0 Å². The second kappa shape index (κ2) is 5.93. The molecule has 0 aliphatic carbocycles. The van der Waals surface area contributed by atoms with Gasteiger partial charge in [-0.05, 0) is 40.5 Å². The van der Waals surface area contributed by atoms with Crippen LogP contribution < -0.4 is 0 Å². The molecule has 1 N–H and O–H groups in total. The molecule has 1 amide bonds. The number of thioether (sulfide) groups is 1. The van der Waals surface area contributed by atoms with Crippen molar-refractivity contribution in [2.24, 2.45) is 0 Å². The second-order valence-electron chi connectivity index (χ2n) is 5.93. The van der Waals surface area contributed by atoms with Crippen molar-refractivity contribution in [3.05, 3.63) is 0 Å². The Hall–Kier alpha value is -0.750. The predicted octanol–water partition coefficient (Wildman–Crippen LogP) is 1.62. The van der Waals surface area contributed by atoms with Crippen LogP contribution in [0.1, 0.15) is 40.5 Å². The number of rotatable bonds is 3. The molecular formula is C14H24N2O3S. The van der Waals surface area contributed by atoms with Crippen LogP contribution in [0.4, 0.5) is 0 Å². The van der Waals surface area contributed by atoms with Gasteiger partial charge in [-0.3, -0.25) is 9.69 Å². The van der Waals surface area contributed by atoms with E-state index < -0.39 is 12.0 Å². The van der Waals surface area contributed by atoms with Crippen LogP contribution in [0.25, 0.3) is 0 Å². The minimum absolute atomic E-state index is 0.0458. The summed E-state index contributed by atoms with van der Waals surface area (Å²) >= 11 is 1.54. The summed E-state index contributed by atoms with van der Waals surface area (Å²) in [5.74, 6) is -0.458. The third-order valence-electron chi connectivity index (χ3n) is 4.59. The fraction of sp³-hybridized carbons (Fsp3) is 0.857.